The molecule has 6 heteroatoms. The molecule has 1 aliphatic heterocycles. The molecule has 0 aromatic heterocycles. The lowest BCUT2D eigenvalue weighted by atomic mass is 10.2. The van der Waals surface area contributed by atoms with Crippen molar-refractivity contribution in [2.24, 2.45) is 0 Å². The van der Waals surface area contributed by atoms with Gasteiger partial charge in [0.2, 0.25) is 0 Å². The van der Waals surface area contributed by atoms with Crippen LogP contribution in [0.25, 0.3) is 0 Å². The van der Waals surface area contributed by atoms with Crippen LogP contribution in [0.3, 0.4) is 0 Å². The summed E-state index contributed by atoms with van der Waals surface area (Å²) in [6.07, 6.45) is 2.86. The number of aliphatic hydroxyl groups excluding tert-OH is 1. The topological polar surface area (TPSA) is 50.7 Å². The van der Waals surface area contributed by atoms with E-state index in [0.717, 1.165) is 39.0 Å². The van der Waals surface area contributed by atoms with Crippen LogP contribution in [0.15, 0.2) is 0 Å². The van der Waals surface area contributed by atoms with Crippen LogP contribution >= 0.6 is 0 Å². The van der Waals surface area contributed by atoms with Crippen LogP contribution in [0.4, 0.5) is 0 Å². The van der Waals surface area contributed by atoms with Gasteiger partial charge in [0.25, 0.3) is 0 Å². The Labute approximate surface area is 151 Å². The van der Waals surface area contributed by atoms with Crippen molar-refractivity contribution >= 4 is 16.1 Å². The van der Waals surface area contributed by atoms with E-state index < -0.39 is 22.3 Å². The fourth-order valence-corrected chi connectivity index (χ4v) is 10.1. The Morgan fingerprint density at radius 1 is 1.17 bits per heavy atom. The highest BCUT2D eigenvalue weighted by atomic mass is 28.3. The van der Waals surface area contributed by atoms with Gasteiger partial charge in [-0.05, 0) is 26.2 Å². The van der Waals surface area contributed by atoms with Gasteiger partial charge in [-0.25, -0.2) is 0 Å². The lowest BCUT2D eigenvalue weighted by Gasteiger charge is -2.27. The average molecular weight is 376 g/mol. The summed E-state index contributed by atoms with van der Waals surface area (Å²) in [5, 5.41) is 13.2. The van der Waals surface area contributed by atoms with Gasteiger partial charge in [0, 0.05) is 35.9 Å². The van der Waals surface area contributed by atoms with Gasteiger partial charge < -0.3 is 14.6 Å². The Kier molecular flexibility index (Phi) is 9.70. The van der Waals surface area contributed by atoms with E-state index in [2.05, 4.69) is 38.1 Å². The third kappa shape index (κ3) is 10.3. The molecule has 0 radical (unpaired) electrons. The SMILES string of the molecule is CC(O)C(NCC1CCCO1)OCCC[Si](C)(C)CC[Si](C)(C)C. The Hall–Kier alpha value is 0.274. The zero-order chi connectivity index (χ0) is 18.2. The molecule has 24 heavy (non-hydrogen) atoms. The molecule has 3 atom stereocenters. The van der Waals surface area contributed by atoms with Gasteiger partial charge in [-0.15, -0.1) is 0 Å². The number of aliphatic hydroxyl groups is 1. The van der Waals surface area contributed by atoms with Crippen molar-refractivity contribution in [3.05, 3.63) is 0 Å². The van der Waals surface area contributed by atoms with E-state index in [1.54, 1.807) is 6.92 Å². The van der Waals surface area contributed by atoms with Gasteiger partial charge in [0.15, 0.2) is 0 Å². The minimum absolute atomic E-state index is 0.277. The van der Waals surface area contributed by atoms with Gasteiger partial charge in [-0.1, -0.05) is 50.9 Å². The molecule has 144 valence electrons. The quantitative estimate of drug-likeness (QED) is 0.308. The predicted molar refractivity (Wildman–Crippen MR) is 108 cm³/mol. The molecular formula is C18H41NO3Si2. The molecule has 1 rings (SSSR count). The highest BCUT2D eigenvalue weighted by molar-refractivity contribution is 6.82. The Morgan fingerprint density at radius 3 is 2.42 bits per heavy atom. The van der Waals surface area contributed by atoms with Crippen molar-refractivity contribution in [2.75, 3.05) is 19.8 Å². The summed E-state index contributed by atoms with van der Waals surface area (Å²) in [4.78, 5) is 0. The van der Waals surface area contributed by atoms with Crippen molar-refractivity contribution in [1.29, 1.82) is 0 Å². The van der Waals surface area contributed by atoms with Crippen molar-refractivity contribution < 1.29 is 14.6 Å². The van der Waals surface area contributed by atoms with Gasteiger partial charge in [-0.3, -0.25) is 5.32 Å². The molecule has 0 spiro atoms. The average Bonchev–Trinajstić information content (AvgIpc) is 2.96. The zero-order valence-corrected chi connectivity index (χ0v) is 18.9. The molecule has 3 unspecified atom stereocenters. The lowest BCUT2D eigenvalue weighted by molar-refractivity contribution is -0.0536. The molecule has 1 aliphatic rings. The Morgan fingerprint density at radius 2 is 1.88 bits per heavy atom. The first kappa shape index (κ1) is 22.3. The van der Waals surface area contributed by atoms with Crippen molar-refractivity contribution in [2.45, 2.75) is 95.5 Å². The van der Waals surface area contributed by atoms with Gasteiger partial charge in [0.05, 0.1) is 12.2 Å². The van der Waals surface area contributed by atoms with E-state index in [4.69, 9.17) is 9.47 Å². The molecule has 0 aromatic rings. The normalized spacial score (nSPS) is 21.9. The second-order valence-corrected chi connectivity index (χ2v) is 20.4. The second kappa shape index (κ2) is 10.4. The smallest absolute Gasteiger partial charge is 0.134 e. The molecule has 0 bridgehead atoms. The molecule has 0 amide bonds. The van der Waals surface area contributed by atoms with Crippen LogP contribution < -0.4 is 5.32 Å². The van der Waals surface area contributed by atoms with Crippen LogP contribution in [0.5, 0.6) is 0 Å². The maximum Gasteiger partial charge on any atom is 0.134 e. The maximum absolute atomic E-state index is 9.90. The van der Waals surface area contributed by atoms with Crippen LogP contribution in [0.2, 0.25) is 50.9 Å². The Balaban J connectivity index is 2.21. The highest BCUT2D eigenvalue weighted by Crippen LogP contribution is 2.24. The number of nitrogens with one attached hydrogen (secondary N) is 1. The van der Waals surface area contributed by atoms with Crippen molar-refractivity contribution in [1.82, 2.24) is 5.32 Å². The van der Waals surface area contributed by atoms with Gasteiger partial charge >= 0.3 is 0 Å². The highest BCUT2D eigenvalue weighted by Gasteiger charge is 2.25. The van der Waals surface area contributed by atoms with Crippen LogP contribution in [0.1, 0.15) is 26.2 Å². The summed E-state index contributed by atoms with van der Waals surface area (Å²) < 4.78 is 11.5. The van der Waals surface area contributed by atoms with E-state index in [9.17, 15) is 5.11 Å². The van der Waals surface area contributed by atoms with Crippen LogP contribution in [-0.4, -0.2) is 59.4 Å². The van der Waals surface area contributed by atoms with E-state index in [0.29, 0.717) is 0 Å². The van der Waals surface area contributed by atoms with Crippen molar-refractivity contribution in [3.63, 3.8) is 0 Å². The van der Waals surface area contributed by atoms with Gasteiger partial charge in [-0.2, -0.15) is 0 Å². The molecule has 1 saturated heterocycles. The fraction of sp³-hybridized carbons (Fsp3) is 1.00. The summed E-state index contributed by atoms with van der Waals surface area (Å²) in [5.74, 6) is 0. The number of hydrogen-bond acceptors (Lipinski definition) is 4. The summed E-state index contributed by atoms with van der Waals surface area (Å²) in [6, 6.07) is 4.21. The van der Waals surface area contributed by atoms with Crippen LogP contribution in [-0.2, 0) is 9.47 Å². The van der Waals surface area contributed by atoms with E-state index in [-0.39, 0.29) is 12.3 Å². The minimum atomic E-state index is -1.10. The minimum Gasteiger partial charge on any atom is -0.389 e. The molecule has 4 nitrogen and oxygen atoms in total. The molecule has 1 fully saturated rings. The third-order valence-electron chi connectivity index (χ3n) is 4.86. The van der Waals surface area contributed by atoms with E-state index in [1.807, 2.05) is 0 Å². The van der Waals surface area contributed by atoms with Crippen molar-refractivity contribution in [3.8, 4) is 0 Å². The third-order valence-corrected chi connectivity index (χ3v) is 10.4. The molecule has 2 N–H and O–H groups in total. The molecule has 0 aromatic carbocycles. The maximum atomic E-state index is 9.90. The summed E-state index contributed by atoms with van der Waals surface area (Å²) in [6.45, 7) is 16.6. The summed E-state index contributed by atoms with van der Waals surface area (Å²) >= 11 is 0. The van der Waals surface area contributed by atoms with Gasteiger partial charge in [0.1, 0.15) is 6.23 Å². The molecule has 1 heterocycles. The lowest BCUT2D eigenvalue weighted by Crippen LogP contribution is -2.44. The monoisotopic (exact) mass is 375 g/mol. The first-order valence-electron chi connectivity index (χ1n) is 9.74. The standard InChI is InChI=1S/C18H41NO3Si2/c1-16(20)18(19-15-17-9-7-10-21-17)22-11-8-12-24(5,6)14-13-23(2,3)4/h16-20H,7-15H2,1-6H3. The number of ether oxygens (including phenoxy) is 2. The van der Waals surface area contributed by atoms with E-state index >= 15 is 0 Å². The fourth-order valence-electron chi connectivity index (χ4n) is 3.02. The first-order chi connectivity index (χ1) is 11.1. The molecule has 0 aliphatic carbocycles. The number of hydrogen-bond donors (Lipinski definition) is 2. The van der Waals surface area contributed by atoms with Crippen LogP contribution in [0, 0.1) is 0 Å². The molecule has 0 saturated carbocycles. The summed E-state index contributed by atoms with van der Waals surface area (Å²) in [5.41, 5.74) is 0. The molecular weight excluding hydrogens is 334 g/mol. The predicted octanol–water partition coefficient (Wildman–Crippen LogP) is 3.92. The summed E-state index contributed by atoms with van der Waals surface area (Å²) in [7, 11) is -2.02. The zero-order valence-electron chi connectivity index (χ0n) is 16.9. The number of rotatable bonds is 12. The van der Waals surface area contributed by atoms with E-state index in [1.165, 1.54) is 18.1 Å². The largest absolute Gasteiger partial charge is 0.389 e. The Bertz CT molecular complexity index is 340. The second-order valence-electron chi connectivity index (χ2n) is 9.40. The first-order valence-corrected chi connectivity index (χ1v) is 16.9.